The Kier molecular flexibility index (Phi) is 3.23. The minimum Gasteiger partial charge on any atom is -0.277 e. The lowest BCUT2D eigenvalue weighted by Crippen LogP contribution is -2.56. The van der Waals surface area contributed by atoms with Crippen LogP contribution < -0.4 is 5.32 Å². The number of nitrogens with zero attached hydrogens (tertiary/aromatic N) is 1. The Balaban J connectivity index is 2.35. The van der Waals surface area contributed by atoms with Gasteiger partial charge in [0.1, 0.15) is 5.92 Å². The second kappa shape index (κ2) is 4.83. The van der Waals surface area contributed by atoms with E-state index in [-0.39, 0.29) is 6.54 Å². The number of carbonyl (C=O) groups is 3. The van der Waals surface area contributed by atoms with Crippen LogP contribution in [0, 0.1) is 0 Å². The van der Waals surface area contributed by atoms with Crippen molar-refractivity contribution < 1.29 is 14.4 Å². The van der Waals surface area contributed by atoms with Gasteiger partial charge in [0.2, 0.25) is 11.8 Å². The zero-order valence-electron chi connectivity index (χ0n) is 9.63. The highest BCUT2D eigenvalue weighted by Crippen LogP contribution is 2.22. The van der Waals surface area contributed by atoms with Crippen molar-refractivity contribution in [3.63, 3.8) is 0 Å². The molecule has 1 aromatic carbocycles. The van der Waals surface area contributed by atoms with E-state index in [1.54, 1.807) is 30.3 Å². The van der Waals surface area contributed by atoms with Gasteiger partial charge in [0, 0.05) is 6.54 Å². The number of benzene rings is 1. The number of imide groups is 2. The highest BCUT2D eigenvalue weighted by Gasteiger charge is 2.40. The third kappa shape index (κ3) is 2.02. The lowest BCUT2D eigenvalue weighted by Gasteiger charge is -2.29. The van der Waals surface area contributed by atoms with Gasteiger partial charge in [-0.25, -0.2) is 4.79 Å². The molecular weight excluding hydrogens is 232 g/mol. The van der Waals surface area contributed by atoms with Gasteiger partial charge in [-0.2, -0.15) is 0 Å². The maximum atomic E-state index is 12.1. The Hall–Kier alpha value is -2.43. The van der Waals surface area contributed by atoms with Crippen LogP contribution in [0.4, 0.5) is 4.79 Å². The van der Waals surface area contributed by atoms with Gasteiger partial charge in [0.05, 0.1) is 0 Å². The van der Waals surface area contributed by atoms with Crippen molar-refractivity contribution in [3.8, 4) is 0 Å². The van der Waals surface area contributed by atoms with Crippen molar-refractivity contribution in [2.75, 3.05) is 6.54 Å². The van der Waals surface area contributed by atoms with Gasteiger partial charge in [0.25, 0.3) is 0 Å². The number of barbiturate groups is 1. The summed E-state index contributed by atoms with van der Waals surface area (Å²) in [4.78, 5) is 36.4. The maximum Gasteiger partial charge on any atom is 0.331 e. The summed E-state index contributed by atoms with van der Waals surface area (Å²) in [6.45, 7) is 3.57. The molecule has 1 aromatic rings. The second-order valence-electron chi connectivity index (χ2n) is 3.88. The molecule has 1 N–H and O–H groups in total. The van der Waals surface area contributed by atoms with E-state index in [0.29, 0.717) is 5.56 Å². The number of nitrogens with one attached hydrogen (secondary N) is 1. The number of carbonyl (C=O) groups excluding carboxylic acids is 3. The molecule has 0 aromatic heterocycles. The number of amides is 4. The van der Waals surface area contributed by atoms with Crippen molar-refractivity contribution in [2.45, 2.75) is 5.92 Å². The molecule has 1 aliphatic rings. The Bertz CT molecular complexity index is 510. The summed E-state index contributed by atoms with van der Waals surface area (Å²) < 4.78 is 0. The fourth-order valence-corrected chi connectivity index (χ4v) is 1.85. The molecule has 0 radical (unpaired) electrons. The van der Waals surface area contributed by atoms with E-state index < -0.39 is 23.8 Å². The number of urea groups is 1. The van der Waals surface area contributed by atoms with Crippen molar-refractivity contribution in [2.24, 2.45) is 0 Å². The SMILES string of the molecule is C=CCN1C(=O)NC(=O)C(c2ccccc2)C1=O. The van der Waals surface area contributed by atoms with E-state index in [1.807, 2.05) is 0 Å². The summed E-state index contributed by atoms with van der Waals surface area (Å²) in [6.07, 6.45) is 1.44. The predicted molar refractivity (Wildman–Crippen MR) is 64.6 cm³/mol. The zero-order valence-corrected chi connectivity index (χ0v) is 9.63. The molecule has 1 aliphatic heterocycles. The zero-order chi connectivity index (χ0) is 13.1. The van der Waals surface area contributed by atoms with E-state index in [2.05, 4.69) is 11.9 Å². The first-order chi connectivity index (χ1) is 8.65. The molecule has 5 nitrogen and oxygen atoms in total. The molecule has 1 saturated heterocycles. The molecule has 1 atom stereocenters. The molecule has 5 heteroatoms. The van der Waals surface area contributed by atoms with Crippen LogP contribution in [-0.4, -0.2) is 29.3 Å². The molecule has 2 rings (SSSR count). The smallest absolute Gasteiger partial charge is 0.277 e. The summed E-state index contributed by atoms with van der Waals surface area (Å²) in [5.74, 6) is -2.07. The van der Waals surface area contributed by atoms with E-state index in [1.165, 1.54) is 6.08 Å². The summed E-state index contributed by atoms with van der Waals surface area (Å²) in [7, 11) is 0. The van der Waals surface area contributed by atoms with Crippen molar-refractivity contribution in [1.82, 2.24) is 10.2 Å². The number of hydrogen-bond donors (Lipinski definition) is 1. The topological polar surface area (TPSA) is 66.5 Å². The van der Waals surface area contributed by atoms with Crippen LogP contribution in [0.1, 0.15) is 11.5 Å². The van der Waals surface area contributed by atoms with Crippen molar-refractivity contribution in [1.29, 1.82) is 0 Å². The van der Waals surface area contributed by atoms with E-state index >= 15 is 0 Å². The molecule has 4 amide bonds. The van der Waals surface area contributed by atoms with E-state index in [4.69, 9.17) is 0 Å². The molecule has 0 spiro atoms. The standard InChI is InChI=1S/C13H12N2O3/c1-2-8-15-12(17)10(11(16)14-13(15)18)9-6-4-3-5-7-9/h2-7,10H,1,8H2,(H,14,16,18). The Morgan fingerprint density at radius 2 is 1.89 bits per heavy atom. The Labute approximate surface area is 104 Å². The van der Waals surface area contributed by atoms with E-state index in [9.17, 15) is 14.4 Å². The van der Waals surface area contributed by atoms with Gasteiger partial charge in [-0.15, -0.1) is 6.58 Å². The van der Waals surface area contributed by atoms with Gasteiger partial charge >= 0.3 is 6.03 Å². The average Bonchev–Trinajstić information content (AvgIpc) is 2.35. The molecule has 0 saturated carbocycles. The van der Waals surface area contributed by atoms with Crippen LogP contribution in [-0.2, 0) is 9.59 Å². The Morgan fingerprint density at radius 3 is 2.50 bits per heavy atom. The Morgan fingerprint density at radius 1 is 1.22 bits per heavy atom. The molecule has 0 aliphatic carbocycles. The first-order valence-electron chi connectivity index (χ1n) is 5.47. The molecule has 18 heavy (non-hydrogen) atoms. The largest absolute Gasteiger partial charge is 0.331 e. The lowest BCUT2D eigenvalue weighted by atomic mass is 9.95. The number of hydrogen-bond acceptors (Lipinski definition) is 3. The second-order valence-corrected chi connectivity index (χ2v) is 3.88. The van der Waals surface area contributed by atoms with Crippen LogP contribution >= 0.6 is 0 Å². The van der Waals surface area contributed by atoms with Gasteiger partial charge in [-0.05, 0) is 5.56 Å². The predicted octanol–water partition coefficient (Wildman–Crippen LogP) is 1.03. The van der Waals surface area contributed by atoms with Crippen LogP contribution in [0.25, 0.3) is 0 Å². The monoisotopic (exact) mass is 244 g/mol. The van der Waals surface area contributed by atoms with Gasteiger partial charge in [-0.1, -0.05) is 36.4 Å². The van der Waals surface area contributed by atoms with Gasteiger partial charge in [-0.3, -0.25) is 19.8 Å². The fourth-order valence-electron chi connectivity index (χ4n) is 1.85. The molecule has 92 valence electrons. The highest BCUT2D eigenvalue weighted by molar-refractivity contribution is 6.19. The quantitative estimate of drug-likeness (QED) is 0.638. The molecule has 0 bridgehead atoms. The van der Waals surface area contributed by atoms with Gasteiger partial charge in [0.15, 0.2) is 0 Å². The summed E-state index contributed by atoms with van der Waals surface area (Å²) >= 11 is 0. The maximum absolute atomic E-state index is 12.1. The number of rotatable bonds is 3. The van der Waals surface area contributed by atoms with Crippen LogP contribution in [0.5, 0.6) is 0 Å². The first-order valence-corrected chi connectivity index (χ1v) is 5.47. The normalized spacial score (nSPS) is 19.7. The minimum atomic E-state index is -0.969. The summed E-state index contributed by atoms with van der Waals surface area (Å²) in [5.41, 5.74) is 0.571. The van der Waals surface area contributed by atoms with E-state index in [0.717, 1.165) is 4.90 Å². The van der Waals surface area contributed by atoms with Gasteiger partial charge < -0.3 is 0 Å². The van der Waals surface area contributed by atoms with Crippen LogP contribution in [0.3, 0.4) is 0 Å². The molecule has 1 fully saturated rings. The van der Waals surface area contributed by atoms with Crippen LogP contribution in [0.15, 0.2) is 43.0 Å². The summed E-state index contributed by atoms with van der Waals surface area (Å²) in [6, 6.07) is 7.95. The highest BCUT2D eigenvalue weighted by atomic mass is 16.2. The van der Waals surface area contributed by atoms with Crippen molar-refractivity contribution >= 4 is 17.8 Å². The first kappa shape index (κ1) is 12.0. The molecule has 1 heterocycles. The molecular formula is C13H12N2O3. The lowest BCUT2D eigenvalue weighted by molar-refractivity contribution is -0.138. The molecule has 1 unspecified atom stereocenters. The third-order valence-corrected chi connectivity index (χ3v) is 2.70. The van der Waals surface area contributed by atoms with Crippen molar-refractivity contribution in [3.05, 3.63) is 48.6 Å². The average molecular weight is 244 g/mol. The van der Waals surface area contributed by atoms with Crippen LogP contribution in [0.2, 0.25) is 0 Å². The fraction of sp³-hybridized carbons (Fsp3) is 0.154. The third-order valence-electron chi connectivity index (χ3n) is 2.70. The summed E-state index contributed by atoms with van der Waals surface area (Å²) in [5, 5.41) is 2.17. The minimum absolute atomic E-state index is 0.0846.